The van der Waals surface area contributed by atoms with E-state index >= 15 is 0 Å². The van der Waals surface area contributed by atoms with E-state index in [1.54, 1.807) is 7.11 Å². The van der Waals surface area contributed by atoms with Crippen molar-refractivity contribution in [1.82, 2.24) is 5.32 Å². The van der Waals surface area contributed by atoms with Crippen molar-refractivity contribution in [1.29, 1.82) is 0 Å². The van der Waals surface area contributed by atoms with Crippen LogP contribution in [0.2, 0.25) is 0 Å². The largest absolute Gasteiger partial charge is 0.496 e. The third kappa shape index (κ3) is 3.70. The first-order chi connectivity index (χ1) is 8.90. The smallest absolute Gasteiger partial charge is 0.217 e. The van der Waals surface area contributed by atoms with Crippen molar-refractivity contribution in [3.05, 3.63) is 28.8 Å². The molecule has 4 nitrogen and oxygen atoms in total. The number of carbonyl (C=O) groups is 1. The summed E-state index contributed by atoms with van der Waals surface area (Å²) >= 11 is 0. The van der Waals surface area contributed by atoms with Crippen molar-refractivity contribution in [2.24, 2.45) is 0 Å². The highest BCUT2D eigenvalue weighted by Gasteiger charge is 2.18. The molecule has 0 saturated heterocycles. The molecule has 0 saturated carbocycles. The van der Waals surface area contributed by atoms with Gasteiger partial charge in [-0.1, -0.05) is 13.8 Å². The monoisotopic (exact) mass is 265 g/mol. The summed E-state index contributed by atoms with van der Waals surface area (Å²) in [5.74, 6) is 1.00. The Bertz CT molecular complexity index is 455. The van der Waals surface area contributed by atoms with E-state index in [1.165, 1.54) is 6.92 Å². The lowest BCUT2D eigenvalue weighted by Crippen LogP contribution is -2.29. The predicted molar refractivity (Wildman–Crippen MR) is 75.5 cm³/mol. The van der Waals surface area contributed by atoms with Gasteiger partial charge in [-0.3, -0.25) is 4.79 Å². The van der Waals surface area contributed by atoms with E-state index < -0.39 is 0 Å². The molecule has 0 aromatic heterocycles. The quantitative estimate of drug-likeness (QED) is 0.859. The number of hydrogen-bond donors (Lipinski definition) is 2. The molecule has 0 aliphatic rings. The number of amides is 1. The van der Waals surface area contributed by atoms with Crippen molar-refractivity contribution in [3.8, 4) is 5.75 Å². The fourth-order valence-corrected chi connectivity index (χ4v) is 2.19. The third-order valence-corrected chi connectivity index (χ3v) is 3.18. The Morgan fingerprint density at radius 2 is 2.00 bits per heavy atom. The molecule has 0 heterocycles. The number of aliphatic hydroxyl groups excluding tert-OH is 1. The predicted octanol–water partition coefficient (Wildman–Crippen LogP) is 2.30. The van der Waals surface area contributed by atoms with Gasteiger partial charge in [-0.15, -0.1) is 0 Å². The molecule has 0 radical (unpaired) electrons. The van der Waals surface area contributed by atoms with Gasteiger partial charge in [0.1, 0.15) is 5.75 Å². The minimum Gasteiger partial charge on any atom is -0.496 e. The second-order valence-corrected chi connectivity index (χ2v) is 5.04. The van der Waals surface area contributed by atoms with Crippen LogP contribution in [0.25, 0.3) is 0 Å². The number of ether oxygens (including phenoxy) is 1. The lowest BCUT2D eigenvalue weighted by Gasteiger charge is -2.21. The Balaban J connectivity index is 3.26. The van der Waals surface area contributed by atoms with Crippen LogP contribution in [0.3, 0.4) is 0 Å². The van der Waals surface area contributed by atoms with Crippen molar-refractivity contribution in [3.63, 3.8) is 0 Å². The summed E-state index contributed by atoms with van der Waals surface area (Å²) in [7, 11) is 1.65. The van der Waals surface area contributed by atoms with E-state index in [4.69, 9.17) is 4.74 Å². The normalized spacial score (nSPS) is 12.4. The van der Waals surface area contributed by atoms with E-state index in [-0.39, 0.29) is 18.6 Å². The topological polar surface area (TPSA) is 58.6 Å². The SMILES string of the molecule is COc1cc(C)c(C(CO)NC(C)=O)cc1C(C)C. The molecule has 1 rings (SSSR count). The van der Waals surface area contributed by atoms with Gasteiger partial charge < -0.3 is 15.2 Å². The summed E-state index contributed by atoms with van der Waals surface area (Å²) < 4.78 is 5.39. The lowest BCUT2D eigenvalue weighted by molar-refractivity contribution is -0.120. The first-order valence-corrected chi connectivity index (χ1v) is 6.47. The molecule has 1 atom stereocenters. The number of rotatable bonds is 5. The molecule has 106 valence electrons. The Labute approximate surface area is 114 Å². The molecule has 1 aromatic carbocycles. The summed E-state index contributed by atoms with van der Waals surface area (Å²) in [6.45, 7) is 7.45. The fourth-order valence-electron chi connectivity index (χ4n) is 2.19. The number of nitrogens with one attached hydrogen (secondary N) is 1. The van der Waals surface area contributed by atoms with Crippen LogP contribution >= 0.6 is 0 Å². The summed E-state index contributed by atoms with van der Waals surface area (Å²) in [5.41, 5.74) is 3.00. The van der Waals surface area contributed by atoms with Crippen LogP contribution in [0, 0.1) is 6.92 Å². The number of aliphatic hydroxyl groups is 1. The Hall–Kier alpha value is -1.55. The van der Waals surface area contributed by atoms with E-state index in [0.717, 1.165) is 22.4 Å². The Kier molecular flexibility index (Phi) is 5.36. The average molecular weight is 265 g/mol. The zero-order valence-corrected chi connectivity index (χ0v) is 12.3. The van der Waals surface area contributed by atoms with Gasteiger partial charge in [0.15, 0.2) is 0 Å². The molecule has 0 bridgehead atoms. The van der Waals surface area contributed by atoms with Crippen molar-refractivity contribution >= 4 is 5.91 Å². The van der Waals surface area contributed by atoms with Gasteiger partial charge in [0.05, 0.1) is 19.8 Å². The fraction of sp³-hybridized carbons (Fsp3) is 0.533. The van der Waals surface area contributed by atoms with Crippen LogP contribution < -0.4 is 10.1 Å². The highest BCUT2D eigenvalue weighted by Crippen LogP contribution is 2.32. The van der Waals surface area contributed by atoms with E-state index in [0.29, 0.717) is 5.92 Å². The van der Waals surface area contributed by atoms with Crippen LogP contribution in [0.5, 0.6) is 5.75 Å². The summed E-state index contributed by atoms with van der Waals surface area (Å²) in [4.78, 5) is 11.2. The zero-order chi connectivity index (χ0) is 14.6. The van der Waals surface area contributed by atoms with Crippen molar-refractivity contribution in [2.75, 3.05) is 13.7 Å². The molecule has 0 aliphatic carbocycles. The van der Waals surface area contributed by atoms with Crippen LogP contribution in [0.15, 0.2) is 12.1 Å². The Morgan fingerprint density at radius 3 is 2.42 bits per heavy atom. The standard InChI is InChI=1S/C15H23NO3/c1-9(2)12-7-13(10(3)6-15(12)19-5)14(8-17)16-11(4)18/h6-7,9,14,17H,8H2,1-5H3,(H,16,18). The van der Waals surface area contributed by atoms with Gasteiger partial charge in [-0.2, -0.15) is 0 Å². The molecule has 4 heteroatoms. The van der Waals surface area contributed by atoms with E-state index in [2.05, 4.69) is 19.2 Å². The van der Waals surface area contributed by atoms with E-state index in [9.17, 15) is 9.90 Å². The molecular formula is C15H23NO3. The summed E-state index contributed by atoms with van der Waals surface area (Å²) in [6.07, 6.45) is 0. The molecule has 1 unspecified atom stereocenters. The second kappa shape index (κ2) is 6.57. The molecular weight excluding hydrogens is 242 g/mol. The maximum atomic E-state index is 11.2. The number of benzene rings is 1. The molecule has 1 aromatic rings. The molecule has 0 spiro atoms. The van der Waals surface area contributed by atoms with Gasteiger partial charge in [0, 0.05) is 6.92 Å². The lowest BCUT2D eigenvalue weighted by atomic mass is 9.93. The minimum absolute atomic E-state index is 0.121. The Morgan fingerprint density at radius 1 is 1.37 bits per heavy atom. The van der Waals surface area contributed by atoms with Crippen LogP contribution in [0.1, 0.15) is 49.4 Å². The summed E-state index contributed by atoms with van der Waals surface area (Å²) in [5, 5.41) is 12.2. The highest BCUT2D eigenvalue weighted by atomic mass is 16.5. The van der Waals surface area contributed by atoms with Gasteiger partial charge >= 0.3 is 0 Å². The average Bonchev–Trinajstić information content (AvgIpc) is 2.35. The molecule has 1 amide bonds. The zero-order valence-electron chi connectivity index (χ0n) is 12.3. The van der Waals surface area contributed by atoms with Crippen molar-refractivity contribution in [2.45, 2.75) is 39.7 Å². The molecule has 0 aliphatic heterocycles. The third-order valence-electron chi connectivity index (χ3n) is 3.18. The van der Waals surface area contributed by atoms with Crippen LogP contribution in [-0.2, 0) is 4.79 Å². The van der Waals surface area contributed by atoms with Crippen molar-refractivity contribution < 1.29 is 14.6 Å². The number of methoxy groups -OCH3 is 1. The van der Waals surface area contributed by atoms with Gasteiger partial charge in [-0.05, 0) is 41.7 Å². The van der Waals surface area contributed by atoms with Crippen LogP contribution in [0.4, 0.5) is 0 Å². The number of aryl methyl sites for hydroxylation is 1. The van der Waals surface area contributed by atoms with E-state index in [1.807, 2.05) is 19.1 Å². The summed E-state index contributed by atoms with van der Waals surface area (Å²) in [6, 6.07) is 3.59. The number of hydrogen-bond acceptors (Lipinski definition) is 3. The molecule has 0 fully saturated rings. The van der Waals surface area contributed by atoms with Gasteiger partial charge in [-0.25, -0.2) is 0 Å². The van der Waals surface area contributed by atoms with Crippen LogP contribution in [-0.4, -0.2) is 24.7 Å². The van der Waals surface area contributed by atoms with Gasteiger partial charge in [0.25, 0.3) is 0 Å². The first-order valence-electron chi connectivity index (χ1n) is 6.47. The minimum atomic E-state index is -0.374. The maximum Gasteiger partial charge on any atom is 0.217 e. The molecule has 19 heavy (non-hydrogen) atoms. The number of carbonyl (C=O) groups excluding carboxylic acids is 1. The second-order valence-electron chi connectivity index (χ2n) is 5.04. The maximum absolute atomic E-state index is 11.2. The highest BCUT2D eigenvalue weighted by molar-refractivity contribution is 5.73. The first kappa shape index (κ1) is 15.5. The van der Waals surface area contributed by atoms with Gasteiger partial charge in [0.2, 0.25) is 5.91 Å². The molecule has 2 N–H and O–H groups in total.